The van der Waals surface area contributed by atoms with Gasteiger partial charge in [0.2, 0.25) is 5.75 Å². The molecule has 1 aliphatic rings. The highest BCUT2D eigenvalue weighted by Crippen LogP contribution is 2.48. The van der Waals surface area contributed by atoms with Crippen molar-refractivity contribution >= 4 is 0 Å². The summed E-state index contributed by atoms with van der Waals surface area (Å²) in [6.45, 7) is 0. The van der Waals surface area contributed by atoms with E-state index < -0.39 is 24.1 Å². The molecule has 2 aromatic rings. The van der Waals surface area contributed by atoms with Crippen LogP contribution < -0.4 is 4.74 Å². The van der Waals surface area contributed by atoms with Crippen molar-refractivity contribution in [3.05, 3.63) is 47.5 Å². The molecular weight excluding hydrogens is 276 g/mol. The summed E-state index contributed by atoms with van der Waals surface area (Å²) in [5.41, 5.74) is 0.723. The summed E-state index contributed by atoms with van der Waals surface area (Å²) in [5.74, 6) is -0.861. The van der Waals surface area contributed by atoms with E-state index in [9.17, 15) is 25.5 Å². The molecule has 110 valence electrons. The van der Waals surface area contributed by atoms with Crippen molar-refractivity contribution in [3.63, 3.8) is 0 Å². The maximum atomic E-state index is 10.2. The molecule has 6 nitrogen and oxygen atoms in total. The average molecular weight is 290 g/mol. The fourth-order valence-corrected chi connectivity index (χ4v) is 2.41. The highest BCUT2D eigenvalue weighted by atomic mass is 16.5. The van der Waals surface area contributed by atoms with Crippen LogP contribution in [0.3, 0.4) is 0 Å². The Kier molecular flexibility index (Phi) is 3.12. The fourth-order valence-electron chi connectivity index (χ4n) is 2.41. The number of aliphatic hydroxyl groups excluding tert-OH is 2. The van der Waals surface area contributed by atoms with Crippen LogP contribution in [0.2, 0.25) is 0 Å². The lowest BCUT2D eigenvalue weighted by Gasteiger charge is -2.34. The molecule has 0 aliphatic carbocycles. The molecule has 0 saturated heterocycles. The van der Waals surface area contributed by atoms with E-state index in [1.165, 1.54) is 24.3 Å². The first-order valence-electron chi connectivity index (χ1n) is 6.35. The number of fused-ring (bicyclic) bond motifs is 1. The highest BCUT2D eigenvalue weighted by Gasteiger charge is 2.39. The second kappa shape index (κ2) is 4.83. The zero-order valence-electron chi connectivity index (χ0n) is 10.8. The Balaban J connectivity index is 2.06. The largest absolute Gasteiger partial charge is 0.508 e. The fraction of sp³-hybridized carbons (Fsp3) is 0.200. The van der Waals surface area contributed by atoms with Gasteiger partial charge < -0.3 is 30.3 Å². The number of rotatable bonds is 1. The van der Waals surface area contributed by atoms with Gasteiger partial charge in [-0.05, 0) is 29.8 Å². The second-order valence-corrected chi connectivity index (χ2v) is 4.92. The maximum absolute atomic E-state index is 10.2. The van der Waals surface area contributed by atoms with Gasteiger partial charge in [0.05, 0.1) is 0 Å². The molecule has 0 unspecified atom stereocenters. The van der Waals surface area contributed by atoms with E-state index in [4.69, 9.17) is 4.74 Å². The normalized spacial score (nSPS) is 24.2. The summed E-state index contributed by atoms with van der Waals surface area (Å²) in [4.78, 5) is 0. The van der Waals surface area contributed by atoms with E-state index in [-0.39, 0.29) is 22.8 Å². The number of hydrogen-bond donors (Lipinski definition) is 5. The van der Waals surface area contributed by atoms with E-state index in [1.807, 2.05) is 0 Å². The van der Waals surface area contributed by atoms with Crippen molar-refractivity contribution in [3.8, 4) is 23.0 Å². The zero-order chi connectivity index (χ0) is 15.1. The Hall–Kier alpha value is -2.44. The number of phenolic OH excluding ortho intramolecular Hbond substituents is 3. The molecule has 0 fully saturated rings. The molecule has 0 aromatic heterocycles. The molecule has 0 spiro atoms. The molecule has 1 aliphatic heterocycles. The lowest BCUT2D eigenvalue weighted by molar-refractivity contribution is -0.0710. The highest BCUT2D eigenvalue weighted by molar-refractivity contribution is 5.56. The number of hydrogen-bond acceptors (Lipinski definition) is 6. The summed E-state index contributed by atoms with van der Waals surface area (Å²) in [5, 5.41) is 49.0. The topological polar surface area (TPSA) is 110 Å². The summed E-state index contributed by atoms with van der Waals surface area (Å²) < 4.78 is 5.55. The van der Waals surface area contributed by atoms with E-state index in [0.29, 0.717) is 5.56 Å². The molecular formula is C15H14O6. The third-order valence-electron chi connectivity index (χ3n) is 3.56. The Morgan fingerprint density at radius 1 is 0.857 bits per heavy atom. The summed E-state index contributed by atoms with van der Waals surface area (Å²) in [6.07, 6.45) is -3.44. The quantitative estimate of drug-likeness (QED) is 0.507. The van der Waals surface area contributed by atoms with Crippen LogP contribution in [0.25, 0.3) is 0 Å². The van der Waals surface area contributed by atoms with Crippen LogP contribution in [0.1, 0.15) is 23.3 Å². The number of ether oxygens (including phenoxy) is 1. The number of aromatic hydroxyl groups is 3. The van der Waals surface area contributed by atoms with Gasteiger partial charge in [0, 0.05) is 5.56 Å². The van der Waals surface area contributed by atoms with Gasteiger partial charge in [0.25, 0.3) is 0 Å². The molecule has 3 rings (SSSR count). The molecule has 0 radical (unpaired) electrons. The van der Waals surface area contributed by atoms with Gasteiger partial charge in [0.15, 0.2) is 17.6 Å². The van der Waals surface area contributed by atoms with Crippen LogP contribution in [0, 0.1) is 0 Å². The zero-order valence-corrected chi connectivity index (χ0v) is 10.8. The molecule has 21 heavy (non-hydrogen) atoms. The lowest BCUT2D eigenvalue weighted by atomic mass is 9.92. The molecule has 0 saturated carbocycles. The van der Waals surface area contributed by atoms with Crippen LogP contribution in [0.15, 0.2) is 36.4 Å². The molecule has 6 heteroatoms. The monoisotopic (exact) mass is 290 g/mol. The SMILES string of the molecule is Oc1ccc([C@H]2Oc3c(ccc(O)c3O)[C@@H](O)[C@@H]2O)cc1. The number of phenols is 3. The van der Waals surface area contributed by atoms with E-state index >= 15 is 0 Å². The second-order valence-electron chi connectivity index (χ2n) is 4.92. The summed E-state index contributed by atoms with van der Waals surface area (Å²) >= 11 is 0. The van der Waals surface area contributed by atoms with Crippen LogP contribution in [0.5, 0.6) is 23.0 Å². The lowest BCUT2D eigenvalue weighted by Crippen LogP contribution is -2.34. The maximum Gasteiger partial charge on any atom is 0.200 e. The number of aliphatic hydroxyl groups is 2. The minimum atomic E-state index is -1.26. The van der Waals surface area contributed by atoms with Crippen LogP contribution in [-0.4, -0.2) is 31.6 Å². The first-order chi connectivity index (χ1) is 9.99. The molecule has 0 amide bonds. The van der Waals surface area contributed by atoms with Crippen LogP contribution in [-0.2, 0) is 0 Å². The summed E-state index contributed by atoms with van der Waals surface area (Å²) in [7, 11) is 0. The Morgan fingerprint density at radius 2 is 1.52 bits per heavy atom. The van der Waals surface area contributed by atoms with E-state index in [1.54, 1.807) is 12.1 Å². The van der Waals surface area contributed by atoms with Gasteiger partial charge in [-0.3, -0.25) is 0 Å². The van der Waals surface area contributed by atoms with Crippen molar-refractivity contribution in [1.82, 2.24) is 0 Å². The van der Waals surface area contributed by atoms with E-state index in [2.05, 4.69) is 0 Å². The van der Waals surface area contributed by atoms with Crippen LogP contribution >= 0.6 is 0 Å². The Labute approximate surface area is 120 Å². The molecule has 0 bridgehead atoms. The average Bonchev–Trinajstić information content (AvgIpc) is 2.48. The van der Waals surface area contributed by atoms with Crippen LogP contribution in [0.4, 0.5) is 0 Å². The number of benzene rings is 2. The first kappa shape index (κ1) is 13.5. The minimum absolute atomic E-state index is 0.0606. The van der Waals surface area contributed by atoms with Crippen molar-refractivity contribution < 1.29 is 30.3 Å². The molecule has 3 atom stereocenters. The van der Waals surface area contributed by atoms with Gasteiger partial charge in [-0.2, -0.15) is 0 Å². The molecule has 2 aromatic carbocycles. The van der Waals surface area contributed by atoms with Crippen molar-refractivity contribution in [2.24, 2.45) is 0 Å². The predicted molar refractivity (Wildman–Crippen MR) is 72.2 cm³/mol. The smallest absolute Gasteiger partial charge is 0.200 e. The third-order valence-corrected chi connectivity index (χ3v) is 3.56. The predicted octanol–water partition coefficient (Wildman–Crippen LogP) is 1.33. The van der Waals surface area contributed by atoms with Gasteiger partial charge >= 0.3 is 0 Å². The van der Waals surface area contributed by atoms with E-state index in [0.717, 1.165) is 0 Å². The van der Waals surface area contributed by atoms with Gasteiger partial charge in [-0.1, -0.05) is 12.1 Å². The van der Waals surface area contributed by atoms with Gasteiger partial charge in [-0.15, -0.1) is 0 Å². The molecule has 1 heterocycles. The summed E-state index contributed by atoms with van der Waals surface area (Å²) in [6, 6.07) is 8.53. The van der Waals surface area contributed by atoms with Crippen molar-refractivity contribution in [1.29, 1.82) is 0 Å². The third kappa shape index (κ3) is 2.14. The Morgan fingerprint density at radius 3 is 2.19 bits per heavy atom. The van der Waals surface area contributed by atoms with Gasteiger partial charge in [0.1, 0.15) is 18.0 Å². The van der Waals surface area contributed by atoms with Crippen molar-refractivity contribution in [2.75, 3.05) is 0 Å². The Bertz CT molecular complexity index is 667. The first-order valence-corrected chi connectivity index (χ1v) is 6.35. The minimum Gasteiger partial charge on any atom is -0.508 e. The molecule has 5 N–H and O–H groups in total. The van der Waals surface area contributed by atoms with Crippen molar-refractivity contribution in [2.45, 2.75) is 18.3 Å². The standard InChI is InChI=1S/C15H14O6/c16-8-3-1-7(2-4-8)14-13(20)11(18)9-5-6-10(17)12(19)15(9)21-14/h1-6,11,13-14,16-20H/t11-,13+,14-/m1/s1. The van der Waals surface area contributed by atoms with Gasteiger partial charge in [-0.25, -0.2) is 0 Å².